The van der Waals surface area contributed by atoms with Crippen molar-refractivity contribution in [3.05, 3.63) is 82.6 Å². The van der Waals surface area contributed by atoms with Gasteiger partial charge in [0.05, 0.1) is 5.69 Å². The zero-order chi connectivity index (χ0) is 20.2. The fraction of sp³-hybridized carbons (Fsp3) is 0.385. The molecule has 0 aliphatic rings. The van der Waals surface area contributed by atoms with Gasteiger partial charge in [-0.25, -0.2) is 0 Å². The van der Waals surface area contributed by atoms with E-state index < -0.39 is 0 Å². The zero-order valence-corrected chi connectivity index (χ0v) is 18.4. The van der Waals surface area contributed by atoms with Gasteiger partial charge in [0, 0.05) is 11.4 Å². The molecule has 0 heterocycles. The third-order valence-corrected chi connectivity index (χ3v) is 4.95. The SMILES string of the molecule is C/C=C(\C=C/CC)N(c1ccc(C)cc1)c1c(C)cc(C(C)(C)C)cc1C. The van der Waals surface area contributed by atoms with Crippen LogP contribution in [0, 0.1) is 20.8 Å². The molecule has 2 rings (SSSR count). The quantitative estimate of drug-likeness (QED) is 0.489. The molecule has 144 valence electrons. The number of hydrogen-bond donors (Lipinski definition) is 0. The van der Waals surface area contributed by atoms with E-state index in [9.17, 15) is 0 Å². The molecule has 0 saturated heterocycles. The van der Waals surface area contributed by atoms with Gasteiger partial charge in [-0.1, -0.05) is 69.7 Å². The monoisotopic (exact) mass is 361 g/mol. The summed E-state index contributed by atoms with van der Waals surface area (Å²) in [4.78, 5) is 2.39. The van der Waals surface area contributed by atoms with Gasteiger partial charge < -0.3 is 4.90 Å². The van der Waals surface area contributed by atoms with Gasteiger partial charge in [0.25, 0.3) is 0 Å². The number of aryl methyl sites for hydroxylation is 3. The minimum atomic E-state index is 0.147. The lowest BCUT2D eigenvalue weighted by atomic mass is 9.84. The van der Waals surface area contributed by atoms with E-state index in [0.717, 1.165) is 6.42 Å². The summed E-state index contributed by atoms with van der Waals surface area (Å²) >= 11 is 0. The highest BCUT2D eigenvalue weighted by molar-refractivity contribution is 5.75. The number of anilines is 2. The smallest absolute Gasteiger partial charge is 0.0520 e. The van der Waals surface area contributed by atoms with E-state index in [0.29, 0.717) is 0 Å². The van der Waals surface area contributed by atoms with Crippen LogP contribution in [0.4, 0.5) is 11.4 Å². The minimum absolute atomic E-state index is 0.147. The first-order valence-corrected chi connectivity index (χ1v) is 10.0. The topological polar surface area (TPSA) is 3.24 Å². The Morgan fingerprint density at radius 1 is 0.963 bits per heavy atom. The highest BCUT2D eigenvalue weighted by Crippen LogP contribution is 2.38. The molecule has 0 aliphatic heterocycles. The third kappa shape index (κ3) is 4.91. The van der Waals surface area contributed by atoms with E-state index in [2.05, 4.69) is 115 Å². The Balaban J connectivity index is 2.70. The fourth-order valence-corrected chi connectivity index (χ4v) is 3.38. The second kappa shape index (κ2) is 8.61. The first kappa shape index (κ1) is 21.0. The van der Waals surface area contributed by atoms with Crippen molar-refractivity contribution in [2.45, 2.75) is 67.2 Å². The van der Waals surface area contributed by atoms with Gasteiger partial charge in [-0.15, -0.1) is 0 Å². The van der Waals surface area contributed by atoms with Gasteiger partial charge in [0.15, 0.2) is 0 Å². The first-order valence-electron chi connectivity index (χ1n) is 10.0. The maximum atomic E-state index is 2.39. The molecule has 0 unspecified atom stereocenters. The van der Waals surface area contributed by atoms with Crippen molar-refractivity contribution in [2.24, 2.45) is 0 Å². The average Bonchev–Trinajstić information content (AvgIpc) is 2.60. The molecule has 0 spiro atoms. The molecule has 27 heavy (non-hydrogen) atoms. The van der Waals surface area contributed by atoms with Crippen LogP contribution in [-0.2, 0) is 5.41 Å². The van der Waals surface area contributed by atoms with Crippen LogP contribution in [0.5, 0.6) is 0 Å². The minimum Gasteiger partial charge on any atom is -0.310 e. The Labute approximate surface area is 166 Å². The van der Waals surface area contributed by atoms with E-state index in [1.807, 2.05) is 0 Å². The molecule has 0 radical (unpaired) electrons. The highest BCUT2D eigenvalue weighted by atomic mass is 15.1. The summed E-state index contributed by atoms with van der Waals surface area (Å²) in [6, 6.07) is 13.5. The third-order valence-electron chi connectivity index (χ3n) is 4.95. The maximum Gasteiger partial charge on any atom is 0.0520 e. The Morgan fingerprint density at radius 3 is 1.96 bits per heavy atom. The molecule has 2 aromatic rings. The van der Waals surface area contributed by atoms with Crippen molar-refractivity contribution < 1.29 is 0 Å². The largest absolute Gasteiger partial charge is 0.310 e. The van der Waals surface area contributed by atoms with Crippen LogP contribution in [0.3, 0.4) is 0 Å². The van der Waals surface area contributed by atoms with Gasteiger partial charge in [0.2, 0.25) is 0 Å². The molecule has 2 aromatic carbocycles. The summed E-state index contributed by atoms with van der Waals surface area (Å²) in [5, 5.41) is 0. The molecular weight excluding hydrogens is 326 g/mol. The van der Waals surface area contributed by atoms with Crippen molar-refractivity contribution in [3.63, 3.8) is 0 Å². The van der Waals surface area contributed by atoms with Crippen molar-refractivity contribution in [3.8, 4) is 0 Å². The lowest BCUT2D eigenvalue weighted by Gasteiger charge is -2.31. The predicted molar refractivity (Wildman–Crippen MR) is 121 cm³/mol. The van der Waals surface area contributed by atoms with E-state index in [1.54, 1.807) is 0 Å². The van der Waals surface area contributed by atoms with E-state index in [-0.39, 0.29) is 5.41 Å². The molecule has 0 saturated carbocycles. The normalized spacial score (nSPS) is 12.7. The van der Waals surface area contributed by atoms with Crippen molar-refractivity contribution in [1.82, 2.24) is 0 Å². The summed E-state index contributed by atoms with van der Waals surface area (Å²) in [5.74, 6) is 0. The Kier molecular flexibility index (Phi) is 6.70. The molecule has 0 aliphatic carbocycles. The zero-order valence-electron chi connectivity index (χ0n) is 18.4. The van der Waals surface area contributed by atoms with E-state index >= 15 is 0 Å². The van der Waals surface area contributed by atoms with Gasteiger partial charge in [-0.2, -0.15) is 0 Å². The first-order chi connectivity index (χ1) is 12.7. The summed E-state index contributed by atoms with van der Waals surface area (Å²) in [7, 11) is 0. The lowest BCUT2D eigenvalue weighted by Crippen LogP contribution is -2.19. The molecule has 1 nitrogen and oxygen atoms in total. The fourth-order valence-electron chi connectivity index (χ4n) is 3.38. The maximum absolute atomic E-state index is 2.39. The van der Waals surface area contributed by atoms with Gasteiger partial charge >= 0.3 is 0 Å². The highest BCUT2D eigenvalue weighted by Gasteiger charge is 2.21. The summed E-state index contributed by atoms with van der Waals surface area (Å²) < 4.78 is 0. The standard InChI is InChI=1S/C26H35N/c1-9-11-12-23(10-2)27(24-15-13-19(3)14-16-24)25-20(4)17-22(18-21(25)5)26(6,7)8/h10-18H,9H2,1-8H3/b12-11-,23-10+. The molecular formula is C26H35N. The molecule has 0 fully saturated rings. The van der Waals surface area contributed by atoms with Crippen molar-refractivity contribution >= 4 is 11.4 Å². The number of allylic oxidation sites excluding steroid dienone is 3. The summed E-state index contributed by atoms with van der Waals surface area (Å²) in [6.45, 7) is 17.7. The summed E-state index contributed by atoms with van der Waals surface area (Å²) in [6.07, 6.45) is 7.68. The number of nitrogens with zero attached hydrogens (tertiary/aromatic N) is 1. The Morgan fingerprint density at radius 2 is 1.52 bits per heavy atom. The van der Waals surface area contributed by atoms with Crippen molar-refractivity contribution in [1.29, 1.82) is 0 Å². The number of rotatable bonds is 5. The van der Waals surface area contributed by atoms with Crippen LogP contribution >= 0.6 is 0 Å². The molecule has 0 N–H and O–H groups in total. The van der Waals surface area contributed by atoms with Gasteiger partial charge in [-0.3, -0.25) is 0 Å². The van der Waals surface area contributed by atoms with Gasteiger partial charge in [-0.05, 0) is 74.4 Å². The molecule has 0 bridgehead atoms. The van der Waals surface area contributed by atoms with Gasteiger partial charge in [0.1, 0.15) is 0 Å². The molecule has 0 aromatic heterocycles. The molecule has 1 heteroatoms. The predicted octanol–water partition coefficient (Wildman–Crippen LogP) is 7.92. The Bertz CT molecular complexity index is 806. The molecule has 0 amide bonds. The van der Waals surface area contributed by atoms with Crippen molar-refractivity contribution in [2.75, 3.05) is 4.90 Å². The lowest BCUT2D eigenvalue weighted by molar-refractivity contribution is 0.589. The van der Waals surface area contributed by atoms with Crippen LogP contribution < -0.4 is 4.90 Å². The van der Waals surface area contributed by atoms with E-state index in [1.165, 1.54) is 39.3 Å². The average molecular weight is 362 g/mol. The number of hydrogen-bond acceptors (Lipinski definition) is 1. The summed E-state index contributed by atoms with van der Waals surface area (Å²) in [5.41, 5.74) is 9.11. The number of benzene rings is 2. The van der Waals surface area contributed by atoms with Crippen LogP contribution in [0.1, 0.15) is 63.3 Å². The van der Waals surface area contributed by atoms with Crippen LogP contribution in [0.2, 0.25) is 0 Å². The second-order valence-electron chi connectivity index (χ2n) is 8.40. The van der Waals surface area contributed by atoms with Crippen LogP contribution in [0.25, 0.3) is 0 Å². The van der Waals surface area contributed by atoms with Crippen LogP contribution in [-0.4, -0.2) is 0 Å². The Hall–Kier alpha value is -2.28. The van der Waals surface area contributed by atoms with E-state index in [4.69, 9.17) is 0 Å². The van der Waals surface area contributed by atoms with Crippen LogP contribution in [0.15, 0.2) is 60.3 Å². The second-order valence-corrected chi connectivity index (χ2v) is 8.40. The molecule has 0 atom stereocenters.